The number of thiophene rings is 2. The van der Waals surface area contributed by atoms with Gasteiger partial charge in [0.1, 0.15) is 12.1 Å². The Balaban J connectivity index is 1.000. The molecule has 0 aliphatic carbocycles. The molecule has 0 saturated heterocycles. The van der Waals surface area contributed by atoms with Gasteiger partial charge in [-0.15, -0.1) is 22.7 Å². The number of unbranched alkanes of at least 4 members (excludes halogenated alkanes) is 3. The van der Waals surface area contributed by atoms with Crippen molar-refractivity contribution in [2.24, 2.45) is 0 Å². The van der Waals surface area contributed by atoms with Gasteiger partial charge in [-0.1, -0.05) is 61.4 Å². The number of carbonyl (C=O) groups is 2. The molecule has 0 atom stereocenters. The van der Waals surface area contributed by atoms with Crippen LogP contribution in [0.25, 0.3) is 23.3 Å². The lowest BCUT2D eigenvalue weighted by molar-refractivity contribution is 0.111. The van der Waals surface area contributed by atoms with E-state index in [1.807, 2.05) is 66.7 Å². The van der Waals surface area contributed by atoms with Gasteiger partial charge < -0.3 is 14.5 Å². The average molecular weight is 757 g/mol. The zero-order valence-electron chi connectivity index (χ0n) is 29.9. The number of carbonyl (C=O) groups excluding carboxylic acids is 2. The van der Waals surface area contributed by atoms with Crippen LogP contribution in [0, 0.1) is 22.7 Å². The average Bonchev–Trinajstić information content (AvgIpc) is 3.92. The lowest BCUT2D eigenvalue weighted by atomic mass is 10.1. The molecular weight excluding hydrogens is 721 g/mol. The molecule has 0 saturated carbocycles. The van der Waals surface area contributed by atoms with Crippen molar-refractivity contribution >= 4 is 81.3 Å². The van der Waals surface area contributed by atoms with Gasteiger partial charge >= 0.3 is 0 Å². The molecule has 1 aliphatic heterocycles. The van der Waals surface area contributed by atoms with Crippen molar-refractivity contribution in [2.75, 3.05) is 22.9 Å². The summed E-state index contributed by atoms with van der Waals surface area (Å²) in [6.45, 7) is 1.69. The summed E-state index contributed by atoms with van der Waals surface area (Å²) in [5.74, 6) is 1.54. The van der Waals surface area contributed by atoms with E-state index < -0.39 is 0 Å². The molecule has 0 bridgehead atoms. The highest BCUT2D eigenvalue weighted by atomic mass is 32.1. The third-order valence-corrected chi connectivity index (χ3v) is 11.4. The maximum atomic E-state index is 11.2. The highest BCUT2D eigenvalue weighted by Crippen LogP contribution is 2.47. The Kier molecular flexibility index (Phi) is 11.7. The Morgan fingerprint density at radius 3 is 1.85 bits per heavy atom. The first kappa shape index (κ1) is 36.8. The largest absolute Gasteiger partial charge is 0.453 e. The Hall–Kier alpha value is -6.52. The maximum Gasteiger partial charge on any atom is 0.160 e. The summed E-state index contributed by atoms with van der Waals surface area (Å²) in [4.78, 5) is 29.7. The summed E-state index contributed by atoms with van der Waals surface area (Å²) in [6.07, 6.45) is 9.44. The highest BCUT2D eigenvalue weighted by Gasteiger charge is 2.24. The van der Waals surface area contributed by atoms with E-state index in [9.17, 15) is 20.1 Å². The lowest BCUT2D eigenvalue weighted by Crippen LogP contribution is -2.22. The standard InChI is InChI=1S/C46H36N4O3S2/c47-29-35(45-22-19-39(31-51)54-45)26-33-14-17-38(18-15-33)49(37-10-4-3-5-11-37)24-8-1-2-9-25-50-41-12-6-7-13-43(41)53-44-28-34(16-21-42(44)50)27-36(30-48)46-23-20-40(32-52)55-46/h3-7,10-23,26-28,31-32H,1-2,8-9,24-25H2/b35-26+,36-27+. The molecule has 0 N–H and O–H groups in total. The van der Waals surface area contributed by atoms with Gasteiger partial charge in [0.15, 0.2) is 24.1 Å². The molecule has 0 unspecified atom stereocenters. The van der Waals surface area contributed by atoms with Crippen LogP contribution in [-0.2, 0) is 0 Å². The molecule has 7 nitrogen and oxygen atoms in total. The van der Waals surface area contributed by atoms with Gasteiger partial charge in [0.25, 0.3) is 0 Å². The first-order chi connectivity index (χ1) is 27.1. The van der Waals surface area contributed by atoms with Gasteiger partial charge in [0.2, 0.25) is 0 Å². The number of anilines is 4. The van der Waals surface area contributed by atoms with Crippen LogP contribution < -0.4 is 14.5 Å². The second-order valence-corrected chi connectivity index (χ2v) is 15.2. The molecular formula is C46H36N4O3S2. The van der Waals surface area contributed by atoms with Gasteiger partial charge in [-0.2, -0.15) is 10.5 Å². The van der Waals surface area contributed by atoms with Crippen LogP contribution in [0.15, 0.2) is 121 Å². The number of nitriles is 2. The Morgan fingerprint density at radius 2 is 1.20 bits per heavy atom. The molecule has 0 radical (unpaired) electrons. The predicted octanol–water partition coefficient (Wildman–Crippen LogP) is 12.2. The van der Waals surface area contributed by atoms with E-state index in [1.54, 1.807) is 18.2 Å². The number of hydrogen-bond donors (Lipinski definition) is 0. The fourth-order valence-corrected chi connectivity index (χ4v) is 8.19. The summed E-state index contributed by atoms with van der Waals surface area (Å²) in [7, 11) is 0. The zero-order valence-corrected chi connectivity index (χ0v) is 31.6. The van der Waals surface area contributed by atoms with Crippen LogP contribution in [0.3, 0.4) is 0 Å². The molecule has 6 aromatic rings. The predicted molar refractivity (Wildman–Crippen MR) is 225 cm³/mol. The van der Waals surface area contributed by atoms with Crippen molar-refractivity contribution in [3.63, 3.8) is 0 Å². The number of ether oxygens (including phenoxy) is 1. The molecule has 0 amide bonds. The summed E-state index contributed by atoms with van der Waals surface area (Å²) in [5, 5.41) is 19.6. The van der Waals surface area contributed by atoms with Crippen molar-refractivity contribution in [1.82, 2.24) is 0 Å². The molecule has 4 aromatic carbocycles. The Labute approximate surface area is 328 Å². The van der Waals surface area contributed by atoms with E-state index in [0.717, 1.165) is 106 Å². The van der Waals surface area contributed by atoms with Gasteiger partial charge in [0, 0.05) is 34.2 Å². The quantitative estimate of drug-likeness (QED) is 0.0584. The molecule has 55 heavy (non-hydrogen) atoms. The molecule has 9 heteroatoms. The number of fused-ring (bicyclic) bond motifs is 2. The van der Waals surface area contributed by atoms with Crippen LogP contribution in [0.5, 0.6) is 11.5 Å². The topological polar surface area (TPSA) is 97.4 Å². The number of aldehydes is 2. The second-order valence-electron chi connectivity index (χ2n) is 12.9. The minimum absolute atomic E-state index is 0.501. The molecule has 7 rings (SSSR count). The van der Waals surface area contributed by atoms with E-state index in [-0.39, 0.29) is 0 Å². The Morgan fingerprint density at radius 1 is 0.618 bits per heavy atom. The van der Waals surface area contributed by atoms with Crippen molar-refractivity contribution in [3.8, 4) is 23.6 Å². The number of hydrogen-bond acceptors (Lipinski definition) is 9. The second kappa shape index (κ2) is 17.5. The van der Waals surface area contributed by atoms with Crippen molar-refractivity contribution in [2.45, 2.75) is 25.7 Å². The van der Waals surface area contributed by atoms with Gasteiger partial charge in [-0.3, -0.25) is 9.59 Å². The summed E-state index contributed by atoms with van der Waals surface area (Å²) in [5.41, 5.74) is 7.05. The maximum absolute atomic E-state index is 11.2. The summed E-state index contributed by atoms with van der Waals surface area (Å²) < 4.78 is 6.37. The first-order valence-electron chi connectivity index (χ1n) is 18.0. The van der Waals surface area contributed by atoms with Crippen molar-refractivity contribution in [1.29, 1.82) is 10.5 Å². The fraction of sp³-hybridized carbons (Fsp3) is 0.130. The van der Waals surface area contributed by atoms with E-state index in [0.29, 0.717) is 20.9 Å². The van der Waals surface area contributed by atoms with E-state index in [1.165, 1.54) is 22.7 Å². The van der Waals surface area contributed by atoms with E-state index in [2.05, 4.69) is 70.5 Å². The van der Waals surface area contributed by atoms with Crippen LogP contribution in [0.2, 0.25) is 0 Å². The molecule has 270 valence electrons. The third-order valence-electron chi connectivity index (χ3n) is 9.32. The van der Waals surface area contributed by atoms with Crippen molar-refractivity contribution < 1.29 is 14.3 Å². The lowest BCUT2D eigenvalue weighted by Gasteiger charge is -2.33. The number of para-hydroxylation sites is 3. The molecule has 3 heterocycles. The van der Waals surface area contributed by atoms with Crippen molar-refractivity contribution in [3.05, 3.63) is 152 Å². The minimum Gasteiger partial charge on any atom is -0.453 e. The fourth-order valence-electron chi connectivity index (χ4n) is 6.61. The Bertz CT molecular complexity index is 2450. The highest BCUT2D eigenvalue weighted by molar-refractivity contribution is 7.15. The first-order valence-corrected chi connectivity index (χ1v) is 19.7. The summed E-state index contributed by atoms with van der Waals surface area (Å²) >= 11 is 2.62. The normalized spacial score (nSPS) is 12.1. The number of benzene rings is 4. The smallest absolute Gasteiger partial charge is 0.160 e. The number of rotatable bonds is 15. The van der Waals surface area contributed by atoms with E-state index in [4.69, 9.17) is 4.74 Å². The van der Waals surface area contributed by atoms with Gasteiger partial charge in [-0.25, -0.2) is 0 Å². The summed E-state index contributed by atoms with van der Waals surface area (Å²) in [6, 6.07) is 44.4. The number of allylic oxidation sites excluding steroid dienone is 2. The monoisotopic (exact) mass is 756 g/mol. The molecule has 0 fully saturated rings. The minimum atomic E-state index is 0.501. The van der Waals surface area contributed by atoms with E-state index >= 15 is 0 Å². The van der Waals surface area contributed by atoms with Crippen LogP contribution >= 0.6 is 22.7 Å². The molecule has 2 aromatic heterocycles. The molecule has 0 spiro atoms. The van der Waals surface area contributed by atoms with Gasteiger partial charge in [0.05, 0.1) is 32.3 Å². The van der Waals surface area contributed by atoms with Crippen LogP contribution in [-0.4, -0.2) is 25.7 Å². The molecule has 1 aliphatic rings. The van der Waals surface area contributed by atoms with Crippen LogP contribution in [0.4, 0.5) is 22.7 Å². The number of nitrogens with zero attached hydrogens (tertiary/aromatic N) is 4. The van der Waals surface area contributed by atoms with Crippen LogP contribution in [0.1, 0.15) is 65.9 Å². The zero-order chi connectivity index (χ0) is 38.0. The third kappa shape index (κ3) is 8.66. The SMILES string of the molecule is N#C/C(=C\c1ccc(N(CCCCCCN2c3ccccc3Oc3cc(/C=C(\C#N)c4ccc(C=O)s4)ccc32)c2ccccc2)cc1)c1ccc(C=O)s1. The van der Waals surface area contributed by atoms with Gasteiger partial charge in [-0.05, 0) is 109 Å².